The van der Waals surface area contributed by atoms with Gasteiger partial charge in [0, 0.05) is 68.9 Å². The summed E-state index contributed by atoms with van der Waals surface area (Å²) in [4.78, 5) is 33.0. The number of carbonyl (C=O) groups excluding carboxylic acids is 1. The van der Waals surface area contributed by atoms with E-state index in [4.69, 9.17) is 14.7 Å². The SMILES string of the molecule is C=CC(=O)N1CCCC[C@H]1c1cc(N2CC(CS(C)(=O)=O)C2)c2cnc(Nc3ccnc(N4CC[C@@H](OC)[C@@H](F)C4)n3)cc2c1C(C)C. The number of alkyl halides is 1. The van der Waals surface area contributed by atoms with Gasteiger partial charge in [-0.25, -0.2) is 22.8 Å². The van der Waals surface area contributed by atoms with Gasteiger partial charge in [0.25, 0.3) is 0 Å². The van der Waals surface area contributed by atoms with Crippen molar-refractivity contribution in [3.05, 3.63) is 54.4 Å². The molecule has 3 fully saturated rings. The average molecular weight is 680 g/mol. The molecule has 0 spiro atoms. The molecule has 0 saturated carbocycles. The Morgan fingerprint density at radius 3 is 2.58 bits per heavy atom. The largest absolute Gasteiger partial charge is 0.378 e. The van der Waals surface area contributed by atoms with Gasteiger partial charge in [-0.2, -0.15) is 4.98 Å². The molecule has 5 heterocycles. The predicted octanol–water partition coefficient (Wildman–Crippen LogP) is 5.18. The van der Waals surface area contributed by atoms with Crippen LogP contribution >= 0.6 is 0 Å². The number of hydrogen-bond acceptors (Lipinski definition) is 10. The van der Waals surface area contributed by atoms with Crippen LogP contribution in [0.3, 0.4) is 0 Å². The molecule has 2 aromatic heterocycles. The third-order valence-electron chi connectivity index (χ3n) is 9.77. The van der Waals surface area contributed by atoms with Crippen LogP contribution in [0.1, 0.15) is 62.6 Å². The number of halogens is 1. The molecule has 3 saturated heterocycles. The zero-order chi connectivity index (χ0) is 34.2. The summed E-state index contributed by atoms with van der Waals surface area (Å²) in [6, 6.07) is 5.91. The number of piperidine rings is 2. The van der Waals surface area contributed by atoms with Crippen LogP contribution in [0, 0.1) is 5.92 Å². The lowest BCUT2D eigenvalue weighted by Gasteiger charge is -2.43. The van der Waals surface area contributed by atoms with Gasteiger partial charge in [0.1, 0.15) is 27.6 Å². The van der Waals surface area contributed by atoms with Gasteiger partial charge in [0.15, 0.2) is 0 Å². The number of amides is 1. The van der Waals surface area contributed by atoms with E-state index < -0.39 is 22.1 Å². The molecule has 1 amide bonds. The van der Waals surface area contributed by atoms with Crippen LogP contribution < -0.4 is 15.1 Å². The lowest BCUT2D eigenvalue weighted by atomic mass is 9.83. The van der Waals surface area contributed by atoms with E-state index in [1.54, 1.807) is 12.3 Å². The van der Waals surface area contributed by atoms with Crippen molar-refractivity contribution in [3.8, 4) is 0 Å². The first kappa shape index (κ1) is 34.0. The summed E-state index contributed by atoms with van der Waals surface area (Å²) in [6.07, 6.45) is 8.02. The minimum absolute atomic E-state index is 0.0608. The Morgan fingerprint density at radius 1 is 1.10 bits per heavy atom. The lowest BCUT2D eigenvalue weighted by molar-refractivity contribution is -0.129. The second-order valence-electron chi connectivity index (χ2n) is 13.7. The fourth-order valence-electron chi connectivity index (χ4n) is 7.56. The monoisotopic (exact) mass is 679 g/mol. The summed E-state index contributed by atoms with van der Waals surface area (Å²) in [6.45, 7) is 10.8. The maximum atomic E-state index is 14.6. The smallest absolute Gasteiger partial charge is 0.246 e. The third-order valence-corrected chi connectivity index (χ3v) is 10.8. The summed E-state index contributed by atoms with van der Waals surface area (Å²) >= 11 is 0. The summed E-state index contributed by atoms with van der Waals surface area (Å²) in [5, 5.41) is 5.35. The maximum Gasteiger partial charge on any atom is 0.246 e. The zero-order valence-corrected chi connectivity index (χ0v) is 29.0. The fourth-order valence-corrected chi connectivity index (χ4v) is 8.63. The van der Waals surface area contributed by atoms with E-state index in [9.17, 15) is 17.6 Å². The van der Waals surface area contributed by atoms with Crippen molar-refractivity contribution >= 4 is 49.8 Å². The van der Waals surface area contributed by atoms with Gasteiger partial charge in [-0.3, -0.25) is 4.79 Å². The molecule has 11 nitrogen and oxygen atoms in total. The lowest BCUT2D eigenvalue weighted by Crippen LogP contribution is -2.49. The zero-order valence-electron chi connectivity index (χ0n) is 28.2. The molecular weight excluding hydrogens is 633 g/mol. The van der Waals surface area contributed by atoms with Crippen molar-refractivity contribution < 1.29 is 22.3 Å². The predicted molar refractivity (Wildman–Crippen MR) is 188 cm³/mol. The fraction of sp³-hybridized carbons (Fsp3) is 0.543. The Kier molecular flexibility index (Phi) is 9.89. The first-order chi connectivity index (χ1) is 23.0. The number of fused-ring (bicyclic) bond motifs is 1. The number of aromatic nitrogens is 3. The van der Waals surface area contributed by atoms with Crippen molar-refractivity contribution in [2.24, 2.45) is 5.92 Å². The molecule has 6 rings (SSSR count). The number of nitrogens with one attached hydrogen (secondary N) is 1. The number of nitrogens with zero attached hydrogens (tertiary/aromatic N) is 6. The number of ether oxygens (including phenoxy) is 1. The van der Waals surface area contributed by atoms with Crippen LogP contribution in [0.15, 0.2) is 43.2 Å². The highest BCUT2D eigenvalue weighted by Gasteiger charge is 2.35. The van der Waals surface area contributed by atoms with Crippen molar-refractivity contribution in [2.45, 2.75) is 63.8 Å². The number of hydrogen-bond donors (Lipinski definition) is 1. The molecular formula is C35H46FN7O4S. The van der Waals surface area contributed by atoms with Crippen molar-refractivity contribution in [1.29, 1.82) is 0 Å². The minimum atomic E-state index is -3.09. The van der Waals surface area contributed by atoms with Crippen molar-refractivity contribution in [2.75, 3.05) is 67.0 Å². The Hall–Kier alpha value is -3.84. The number of pyridine rings is 1. The van der Waals surface area contributed by atoms with Gasteiger partial charge in [-0.15, -0.1) is 0 Å². The molecule has 1 aromatic carbocycles. The molecule has 3 aliphatic heterocycles. The first-order valence-corrected chi connectivity index (χ1v) is 18.9. The highest BCUT2D eigenvalue weighted by atomic mass is 32.2. The topological polar surface area (TPSA) is 121 Å². The van der Waals surface area contributed by atoms with E-state index in [1.807, 2.05) is 22.1 Å². The maximum absolute atomic E-state index is 14.6. The number of rotatable bonds is 10. The average Bonchev–Trinajstić information content (AvgIpc) is 3.04. The van der Waals surface area contributed by atoms with E-state index in [1.165, 1.54) is 19.4 Å². The van der Waals surface area contributed by atoms with Crippen LogP contribution in [0.2, 0.25) is 0 Å². The third kappa shape index (κ3) is 7.12. The van der Waals surface area contributed by atoms with E-state index in [-0.39, 0.29) is 36.1 Å². The summed E-state index contributed by atoms with van der Waals surface area (Å²) in [7, 11) is -1.55. The summed E-state index contributed by atoms with van der Waals surface area (Å²) < 4.78 is 44.0. The van der Waals surface area contributed by atoms with Gasteiger partial charge in [0.2, 0.25) is 11.9 Å². The highest BCUT2D eigenvalue weighted by Crippen LogP contribution is 2.44. The second-order valence-corrected chi connectivity index (χ2v) is 15.9. The Balaban J connectivity index is 1.39. The number of sulfone groups is 1. The van der Waals surface area contributed by atoms with Crippen LogP contribution in [0.4, 0.5) is 27.7 Å². The van der Waals surface area contributed by atoms with Gasteiger partial charge in [-0.05, 0) is 72.4 Å². The number of likely N-dealkylation sites (tertiary alicyclic amines) is 1. The van der Waals surface area contributed by atoms with E-state index >= 15 is 0 Å². The van der Waals surface area contributed by atoms with E-state index in [2.05, 4.69) is 41.7 Å². The molecule has 3 aliphatic rings. The molecule has 0 unspecified atom stereocenters. The van der Waals surface area contributed by atoms with Crippen LogP contribution in [0.5, 0.6) is 0 Å². The number of methoxy groups -OCH3 is 1. The molecule has 3 atom stereocenters. The van der Waals surface area contributed by atoms with E-state index in [0.717, 1.165) is 46.8 Å². The Bertz CT molecular complexity index is 1780. The molecule has 48 heavy (non-hydrogen) atoms. The summed E-state index contributed by atoms with van der Waals surface area (Å²) in [5.41, 5.74) is 3.25. The quantitative estimate of drug-likeness (QED) is 0.287. The molecule has 1 N–H and O–H groups in total. The first-order valence-electron chi connectivity index (χ1n) is 16.8. The molecule has 13 heteroatoms. The van der Waals surface area contributed by atoms with Crippen molar-refractivity contribution in [3.63, 3.8) is 0 Å². The number of benzene rings is 1. The van der Waals surface area contributed by atoms with Gasteiger partial charge in [-0.1, -0.05) is 20.4 Å². The Labute approximate surface area is 282 Å². The standard InChI is InChI=1S/C35H46FN7O4S/c1-6-33(44)43-13-8-7-9-28(43)25-15-29(42-18-23(19-42)21-48(5,45)46)26-17-38-32(16-24(26)34(25)22(2)3)39-31-10-12-37-35(40-31)41-14-11-30(47-4)27(36)20-41/h6,10,12,15-17,22-23,27-28,30H,1,7-9,11,13-14,18-21H2,2-5H3,(H,37,38,39,40)/t27-,28-,30+/m0/s1. The molecule has 0 aliphatic carbocycles. The second kappa shape index (κ2) is 13.9. The van der Waals surface area contributed by atoms with Crippen molar-refractivity contribution in [1.82, 2.24) is 19.9 Å². The van der Waals surface area contributed by atoms with Crippen LogP contribution in [-0.2, 0) is 19.4 Å². The molecule has 0 bridgehead atoms. The normalized spacial score (nSPS) is 22.2. The summed E-state index contributed by atoms with van der Waals surface area (Å²) in [5.74, 6) is 1.86. The Morgan fingerprint density at radius 2 is 1.90 bits per heavy atom. The van der Waals surface area contributed by atoms with Crippen LogP contribution in [-0.4, -0.2) is 98.3 Å². The molecule has 0 radical (unpaired) electrons. The van der Waals surface area contributed by atoms with Crippen LogP contribution in [0.25, 0.3) is 10.8 Å². The van der Waals surface area contributed by atoms with Gasteiger partial charge < -0.3 is 24.8 Å². The molecule has 3 aromatic rings. The number of anilines is 4. The van der Waals surface area contributed by atoms with Gasteiger partial charge in [0.05, 0.1) is 24.4 Å². The minimum Gasteiger partial charge on any atom is -0.378 e. The molecule has 258 valence electrons. The number of carbonyl (C=O) groups is 1. The van der Waals surface area contributed by atoms with E-state index in [0.29, 0.717) is 50.2 Å². The van der Waals surface area contributed by atoms with Gasteiger partial charge >= 0.3 is 0 Å². The highest BCUT2D eigenvalue weighted by molar-refractivity contribution is 7.90.